The summed E-state index contributed by atoms with van der Waals surface area (Å²) in [5.74, 6) is -1.25. The van der Waals surface area contributed by atoms with Crippen LogP contribution in [0.25, 0.3) is 0 Å². The normalized spacial score (nSPS) is 20.6. The molecular weight excluding hydrogens is 345 g/mol. The van der Waals surface area contributed by atoms with Gasteiger partial charge < -0.3 is 10.4 Å². The van der Waals surface area contributed by atoms with Crippen molar-refractivity contribution in [2.75, 3.05) is 26.2 Å². The summed E-state index contributed by atoms with van der Waals surface area (Å²) < 4.78 is 27.6. The van der Waals surface area contributed by atoms with Crippen molar-refractivity contribution in [3.8, 4) is 5.75 Å². The summed E-state index contributed by atoms with van der Waals surface area (Å²) in [6, 6.07) is 1.78. The van der Waals surface area contributed by atoms with E-state index in [0.29, 0.717) is 5.92 Å². The lowest BCUT2D eigenvalue weighted by molar-refractivity contribution is 0.120. The third-order valence-corrected chi connectivity index (χ3v) is 4.76. The maximum atomic E-state index is 14.3. The molecule has 132 valence electrons. The second-order valence-electron chi connectivity index (χ2n) is 6.10. The van der Waals surface area contributed by atoms with Crippen molar-refractivity contribution < 1.29 is 13.9 Å². The Bertz CT molecular complexity index is 484. The first-order valence-corrected chi connectivity index (χ1v) is 7.79. The fraction of sp³-hybridized carbons (Fsp3) is 0.625. The molecule has 1 saturated carbocycles. The topological polar surface area (TPSA) is 35.5 Å². The summed E-state index contributed by atoms with van der Waals surface area (Å²) in [4.78, 5) is 2.24. The standard InChI is InChI=1S/C16H22F2N2O.2ClH/c17-12-9-13(18)15(14(21)10-12)16(11-3-1-2-4-11)20-7-5-19-6-8-20;;/h9-11,16,19,21H,1-8H2;2*1H/t16-;;/m1../s1. The predicted molar refractivity (Wildman–Crippen MR) is 91.7 cm³/mol. The lowest BCUT2D eigenvalue weighted by Gasteiger charge is -2.39. The van der Waals surface area contributed by atoms with Crippen molar-refractivity contribution in [3.05, 3.63) is 29.3 Å². The first-order valence-electron chi connectivity index (χ1n) is 7.79. The molecular formula is C16H24Cl2F2N2O. The summed E-state index contributed by atoms with van der Waals surface area (Å²) in [7, 11) is 0. The van der Waals surface area contributed by atoms with E-state index in [0.717, 1.165) is 64.0 Å². The number of rotatable bonds is 3. The van der Waals surface area contributed by atoms with Crippen LogP contribution >= 0.6 is 24.8 Å². The summed E-state index contributed by atoms with van der Waals surface area (Å²) in [6.07, 6.45) is 4.39. The van der Waals surface area contributed by atoms with Gasteiger partial charge in [-0.15, -0.1) is 24.8 Å². The lowest BCUT2D eigenvalue weighted by atomic mass is 9.88. The highest BCUT2D eigenvalue weighted by Gasteiger charge is 2.35. The molecule has 0 unspecified atom stereocenters. The average molecular weight is 369 g/mol. The Labute approximate surface area is 148 Å². The first kappa shape index (κ1) is 20.4. The number of nitrogens with one attached hydrogen (secondary N) is 1. The first-order chi connectivity index (χ1) is 10.2. The smallest absolute Gasteiger partial charge is 0.134 e. The van der Waals surface area contributed by atoms with Gasteiger partial charge in [-0.25, -0.2) is 8.78 Å². The van der Waals surface area contributed by atoms with Crippen molar-refractivity contribution in [2.24, 2.45) is 5.92 Å². The van der Waals surface area contributed by atoms with E-state index in [4.69, 9.17) is 0 Å². The van der Waals surface area contributed by atoms with Crippen molar-refractivity contribution in [1.82, 2.24) is 10.2 Å². The summed E-state index contributed by atoms with van der Waals surface area (Å²) >= 11 is 0. The third-order valence-electron chi connectivity index (χ3n) is 4.76. The van der Waals surface area contributed by atoms with Gasteiger partial charge in [0.25, 0.3) is 0 Å². The number of benzene rings is 1. The van der Waals surface area contributed by atoms with E-state index < -0.39 is 11.6 Å². The van der Waals surface area contributed by atoms with E-state index in [1.165, 1.54) is 0 Å². The zero-order valence-corrected chi connectivity index (χ0v) is 14.6. The van der Waals surface area contributed by atoms with Crippen molar-refractivity contribution in [2.45, 2.75) is 31.7 Å². The minimum absolute atomic E-state index is 0. The van der Waals surface area contributed by atoms with Gasteiger partial charge in [-0.1, -0.05) is 12.8 Å². The molecule has 1 heterocycles. The monoisotopic (exact) mass is 368 g/mol. The number of nitrogens with zero attached hydrogens (tertiary/aromatic N) is 1. The molecule has 2 N–H and O–H groups in total. The molecule has 1 aliphatic heterocycles. The number of hydrogen-bond donors (Lipinski definition) is 2. The van der Waals surface area contributed by atoms with E-state index in [1.807, 2.05) is 0 Å². The second kappa shape index (κ2) is 9.02. The lowest BCUT2D eigenvalue weighted by Crippen LogP contribution is -2.47. The third kappa shape index (κ3) is 4.47. The molecule has 0 spiro atoms. The molecule has 23 heavy (non-hydrogen) atoms. The van der Waals surface area contributed by atoms with Crippen LogP contribution in [0, 0.1) is 17.6 Å². The van der Waals surface area contributed by atoms with Crippen LogP contribution in [0.5, 0.6) is 5.75 Å². The van der Waals surface area contributed by atoms with Crippen LogP contribution in [0.15, 0.2) is 12.1 Å². The minimum atomic E-state index is -0.723. The molecule has 0 aromatic heterocycles. The molecule has 2 aliphatic rings. The van der Waals surface area contributed by atoms with Gasteiger partial charge in [0.15, 0.2) is 0 Å². The van der Waals surface area contributed by atoms with Gasteiger partial charge in [-0.3, -0.25) is 4.90 Å². The zero-order valence-electron chi connectivity index (χ0n) is 12.9. The molecule has 0 amide bonds. The second-order valence-corrected chi connectivity index (χ2v) is 6.10. The number of hydrogen-bond acceptors (Lipinski definition) is 3. The van der Waals surface area contributed by atoms with Crippen LogP contribution in [0.4, 0.5) is 8.78 Å². The number of halogens is 4. The van der Waals surface area contributed by atoms with Gasteiger partial charge >= 0.3 is 0 Å². The van der Waals surface area contributed by atoms with E-state index in [9.17, 15) is 13.9 Å². The van der Waals surface area contributed by atoms with Crippen molar-refractivity contribution in [1.29, 1.82) is 0 Å². The Kier molecular flexibility index (Phi) is 8.01. The van der Waals surface area contributed by atoms with Crippen molar-refractivity contribution >= 4 is 24.8 Å². The van der Waals surface area contributed by atoms with Gasteiger partial charge in [0.05, 0.1) is 0 Å². The quantitative estimate of drug-likeness (QED) is 0.854. The van der Waals surface area contributed by atoms with Gasteiger partial charge in [0, 0.05) is 49.9 Å². The summed E-state index contributed by atoms with van der Waals surface area (Å²) in [5.41, 5.74) is 0.283. The van der Waals surface area contributed by atoms with Crippen LogP contribution in [0.1, 0.15) is 37.3 Å². The van der Waals surface area contributed by atoms with E-state index in [2.05, 4.69) is 10.2 Å². The summed E-state index contributed by atoms with van der Waals surface area (Å²) in [5, 5.41) is 13.4. The largest absolute Gasteiger partial charge is 0.507 e. The molecule has 1 atom stereocenters. The Morgan fingerprint density at radius 3 is 2.26 bits per heavy atom. The SMILES string of the molecule is Cl.Cl.Oc1cc(F)cc(F)c1[C@@H](C1CCCC1)N1CCNCC1. The van der Waals surface area contributed by atoms with Crippen LogP contribution < -0.4 is 5.32 Å². The Balaban J connectivity index is 0.00000132. The molecule has 1 aromatic rings. The molecule has 2 fully saturated rings. The molecule has 1 aliphatic carbocycles. The molecule has 7 heteroatoms. The Morgan fingerprint density at radius 1 is 1.09 bits per heavy atom. The van der Waals surface area contributed by atoms with Crippen LogP contribution in [0.3, 0.4) is 0 Å². The number of phenolic OH excluding ortho intramolecular Hbond substituents is 1. The minimum Gasteiger partial charge on any atom is -0.507 e. The fourth-order valence-corrected chi connectivity index (χ4v) is 3.81. The van der Waals surface area contributed by atoms with E-state index in [-0.39, 0.29) is 42.2 Å². The highest BCUT2D eigenvalue weighted by atomic mass is 35.5. The van der Waals surface area contributed by atoms with Crippen molar-refractivity contribution in [3.63, 3.8) is 0 Å². The van der Waals surface area contributed by atoms with Gasteiger partial charge in [-0.2, -0.15) is 0 Å². The average Bonchev–Trinajstić information content (AvgIpc) is 2.97. The molecule has 1 aromatic carbocycles. The number of piperazine rings is 1. The number of phenols is 1. The van der Waals surface area contributed by atoms with Crippen LogP contribution in [-0.2, 0) is 0 Å². The van der Waals surface area contributed by atoms with Crippen LogP contribution in [0.2, 0.25) is 0 Å². The molecule has 1 saturated heterocycles. The number of aromatic hydroxyl groups is 1. The predicted octanol–water partition coefficient (Wildman–Crippen LogP) is 3.65. The Hall–Kier alpha value is -0.620. The fourth-order valence-electron chi connectivity index (χ4n) is 3.81. The molecule has 0 radical (unpaired) electrons. The maximum absolute atomic E-state index is 14.3. The van der Waals surface area contributed by atoms with Gasteiger partial charge in [0.2, 0.25) is 0 Å². The van der Waals surface area contributed by atoms with Crippen LogP contribution in [-0.4, -0.2) is 36.2 Å². The highest BCUT2D eigenvalue weighted by molar-refractivity contribution is 5.85. The molecule has 3 nitrogen and oxygen atoms in total. The highest BCUT2D eigenvalue weighted by Crippen LogP contribution is 2.43. The van der Waals surface area contributed by atoms with Gasteiger partial charge in [-0.05, 0) is 18.8 Å². The maximum Gasteiger partial charge on any atom is 0.134 e. The van der Waals surface area contributed by atoms with E-state index in [1.54, 1.807) is 0 Å². The molecule has 3 rings (SSSR count). The zero-order chi connectivity index (χ0) is 14.8. The summed E-state index contributed by atoms with van der Waals surface area (Å²) in [6.45, 7) is 3.40. The van der Waals surface area contributed by atoms with Gasteiger partial charge in [0.1, 0.15) is 17.4 Å². The molecule has 0 bridgehead atoms. The Morgan fingerprint density at radius 2 is 1.70 bits per heavy atom. The van der Waals surface area contributed by atoms with E-state index >= 15 is 0 Å².